The molecule has 0 aliphatic carbocycles. The second-order valence-corrected chi connectivity index (χ2v) is 5.30. The van der Waals surface area contributed by atoms with Crippen LogP contribution in [0.25, 0.3) is 33.5 Å². The summed E-state index contributed by atoms with van der Waals surface area (Å²) in [4.78, 5) is 29.4. The highest BCUT2D eigenvalue weighted by molar-refractivity contribution is 5.92. The maximum Gasteiger partial charge on any atom is 0.349 e. The molecule has 0 aliphatic rings. The number of aromatic nitrogens is 2. The summed E-state index contributed by atoms with van der Waals surface area (Å²) < 4.78 is 5.28. The van der Waals surface area contributed by atoms with Gasteiger partial charge in [-0.15, -0.1) is 0 Å². The predicted octanol–water partition coefficient (Wildman–Crippen LogP) is 2.85. The number of para-hydroxylation sites is 1. The van der Waals surface area contributed by atoms with Crippen LogP contribution in [0.4, 0.5) is 0 Å². The first-order chi connectivity index (χ1) is 11.6. The molecular weight excluding hydrogens is 308 g/mol. The molecule has 0 spiro atoms. The third-order valence-electron chi connectivity index (χ3n) is 3.83. The molecule has 6 heteroatoms. The molecule has 0 amide bonds. The number of nitrogens with one attached hydrogen (secondary N) is 2. The number of aromatic amines is 2. The van der Waals surface area contributed by atoms with Gasteiger partial charge in [0, 0.05) is 5.56 Å². The lowest BCUT2D eigenvalue weighted by Gasteiger charge is -2.07. The minimum absolute atomic E-state index is 0.0779. The van der Waals surface area contributed by atoms with Crippen LogP contribution in [0.3, 0.4) is 0 Å². The number of fused-ring (bicyclic) bond motifs is 1. The molecule has 4 aromatic rings. The van der Waals surface area contributed by atoms with E-state index in [1.54, 1.807) is 36.4 Å². The summed E-state index contributed by atoms with van der Waals surface area (Å²) in [5, 5.41) is 11.0. The number of hydrogen-bond donors (Lipinski definition) is 3. The Bertz CT molecular complexity index is 1150. The van der Waals surface area contributed by atoms with Gasteiger partial charge in [-0.25, -0.2) is 9.59 Å². The minimum atomic E-state index is -0.723. The summed E-state index contributed by atoms with van der Waals surface area (Å²) in [6, 6.07) is 15.7. The van der Waals surface area contributed by atoms with Gasteiger partial charge < -0.3 is 19.5 Å². The first-order valence-electron chi connectivity index (χ1n) is 7.28. The molecule has 2 aromatic heterocycles. The summed E-state index contributed by atoms with van der Waals surface area (Å²) in [5.41, 5.74) is 0.322. The lowest BCUT2D eigenvalue weighted by Crippen LogP contribution is -2.06. The van der Waals surface area contributed by atoms with Crippen LogP contribution in [0.5, 0.6) is 5.75 Å². The van der Waals surface area contributed by atoms with Crippen LogP contribution in [-0.2, 0) is 0 Å². The predicted molar refractivity (Wildman–Crippen MR) is 90.0 cm³/mol. The fourth-order valence-electron chi connectivity index (χ4n) is 2.75. The zero-order valence-electron chi connectivity index (χ0n) is 12.4. The second kappa shape index (κ2) is 5.27. The molecule has 118 valence electrons. The van der Waals surface area contributed by atoms with E-state index in [2.05, 4.69) is 9.97 Å². The fraction of sp³-hybridized carbons (Fsp3) is 0. The van der Waals surface area contributed by atoms with Crippen molar-refractivity contribution < 1.29 is 9.52 Å². The average Bonchev–Trinajstić information content (AvgIpc) is 2.97. The van der Waals surface area contributed by atoms with Gasteiger partial charge in [0.25, 0.3) is 0 Å². The maximum atomic E-state index is 12.4. The van der Waals surface area contributed by atoms with Gasteiger partial charge in [-0.2, -0.15) is 0 Å². The van der Waals surface area contributed by atoms with Crippen LogP contribution in [0.2, 0.25) is 0 Å². The summed E-state index contributed by atoms with van der Waals surface area (Å²) >= 11 is 0. The standard InChI is InChI=1S/C18H12N2O4/c21-16-11-8-4-5-9-12(11)24-17(22)13(16)15-14(19-18(23)20-15)10-6-2-1-3-7-10/h1-9,21H,(H2,19,20,23). The number of aromatic hydroxyl groups is 1. The normalized spacial score (nSPS) is 11.0. The van der Waals surface area contributed by atoms with E-state index in [0.717, 1.165) is 0 Å². The van der Waals surface area contributed by atoms with Gasteiger partial charge in [-0.05, 0) is 12.1 Å². The molecule has 0 fully saturated rings. The van der Waals surface area contributed by atoms with Gasteiger partial charge >= 0.3 is 11.3 Å². The van der Waals surface area contributed by atoms with Crippen molar-refractivity contribution in [1.82, 2.24) is 9.97 Å². The molecule has 2 aromatic carbocycles. The van der Waals surface area contributed by atoms with Crippen LogP contribution in [0, 0.1) is 0 Å². The largest absolute Gasteiger partial charge is 0.506 e. The molecule has 0 atom stereocenters. The van der Waals surface area contributed by atoms with E-state index in [4.69, 9.17) is 4.42 Å². The van der Waals surface area contributed by atoms with Crippen molar-refractivity contribution in [2.24, 2.45) is 0 Å². The van der Waals surface area contributed by atoms with Crippen LogP contribution in [-0.4, -0.2) is 15.1 Å². The maximum absolute atomic E-state index is 12.4. The van der Waals surface area contributed by atoms with E-state index in [1.165, 1.54) is 0 Å². The van der Waals surface area contributed by atoms with Crippen molar-refractivity contribution in [1.29, 1.82) is 0 Å². The highest BCUT2D eigenvalue weighted by Gasteiger charge is 2.21. The number of imidazole rings is 1. The third-order valence-corrected chi connectivity index (χ3v) is 3.83. The van der Waals surface area contributed by atoms with E-state index >= 15 is 0 Å². The lowest BCUT2D eigenvalue weighted by atomic mass is 10.0. The molecule has 0 radical (unpaired) electrons. The fourth-order valence-corrected chi connectivity index (χ4v) is 2.75. The highest BCUT2D eigenvalue weighted by atomic mass is 16.4. The van der Waals surface area contributed by atoms with E-state index in [0.29, 0.717) is 16.6 Å². The number of benzene rings is 2. The molecule has 24 heavy (non-hydrogen) atoms. The Hall–Kier alpha value is -3.54. The van der Waals surface area contributed by atoms with Crippen molar-refractivity contribution in [3.05, 3.63) is 75.5 Å². The Morgan fingerprint density at radius 2 is 1.50 bits per heavy atom. The summed E-state index contributed by atoms with van der Waals surface area (Å²) in [7, 11) is 0. The van der Waals surface area contributed by atoms with Gasteiger partial charge in [-0.3, -0.25) is 0 Å². The first-order valence-corrected chi connectivity index (χ1v) is 7.28. The van der Waals surface area contributed by atoms with Crippen LogP contribution in [0.15, 0.2) is 68.6 Å². The minimum Gasteiger partial charge on any atom is -0.506 e. The molecule has 0 saturated carbocycles. The van der Waals surface area contributed by atoms with Crippen LogP contribution < -0.4 is 11.3 Å². The Morgan fingerprint density at radius 3 is 2.29 bits per heavy atom. The van der Waals surface area contributed by atoms with Gasteiger partial charge in [0.15, 0.2) is 0 Å². The van der Waals surface area contributed by atoms with Crippen molar-refractivity contribution in [3.8, 4) is 28.3 Å². The monoisotopic (exact) mass is 320 g/mol. The lowest BCUT2D eigenvalue weighted by molar-refractivity contribution is 0.471. The van der Waals surface area contributed by atoms with E-state index in [1.807, 2.05) is 18.2 Å². The van der Waals surface area contributed by atoms with Gasteiger partial charge in [0.05, 0.1) is 16.8 Å². The number of hydrogen-bond acceptors (Lipinski definition) is 4. The molecule has 6 nitrogen and oxygen atoms in total. The van der Waals surface area contributed by atoms with E-state index < -0.39 is 11.3 Å². The number of H-pyrrole nitrogens is 2. The van der Waals surface area contributed by atoms with Gasteiger partial charge in [0.2, 0.25) is 0 Å². The van der Waals surface area contributed by atoms with Crippen molar-refractivity contribution >= 4 is 11.0 Å². The molecular formula is C18H12N2O4. The smallest absolute Gasteiger partial charge is 0.349 e. The molecule has 3 N–H and O–H groups in total. The molecule has 0 bridgehead atoms. The first kappa shape index (κ1) is 14.1. The van der Waals surface area contributed by atoms with Gasteiger partial charge in [0.1, 0.15) is 16.9 Å². The molecule has 0 unspecified atom stereocenters. The van der Waals surface area contributed by atoms with Crippen molar-refractivity contribution in [3.63, 3.8) is 0 Å². The molecule has 0 saturated heterocycles. The Morgan fingerprint density at radius 1 is 0.833 bits per heavy atom. The van der Waals surface area contributed by atoms with Crippen molar-refractivity contribution in [2.45, 2.75) is 0 Å². The zero-order valence-corrected chi connectivity index (χ0v) is 12.4. The average molecular weight is 320 g/mol. The quantitative estimate of drug-likeness (QED) is 0.494. The molecule has 2 heterocycles. The molecule has 4 rings (SSSR count). The number of rotatable bonds is 2. The summed E-state index contributed by atoms with van der Waals surface area (Å²) in [6.45, 7) is 0. The van der Waals surface area contributed by atoms with E-state index in [9.17, 15) is 14.7 Å². The highest BCUT2D eigenvalue weighted by Crippen LogP contribution is 2.35. The molecule has 0 aliphatic heterocycles. The van der Waals surface area contributed by atoms with Crippen LogP contribution in [0.1, 0.15) is 0 Å². The zero-order chi connectivity index (χ0) is 16.7. The van der Waals surface area contributed by atoms with Gasteiger partial charge in [-0.1, -0.05) is 42.5 Å². The Balaban J connectivity index is 2.07. The summed E-state index contributed by atoms with van der Waals surface area (Å²) in [5.74, 6) is -0.228. The SMILES string of the molecule is O=c1[nH]c(-c2ccccc2)c(-c2c(O)c3ccccc3oc2=O)[nH]1. The third kappa shape index (κ3) is 2.13. The Kier molecular flexibility index (Phi) is 3.09. The topological polar surface area (TPSA) is 99.1 Å². The van der Waals surface area contributed by atoms with Crippen LogP contribution >= 0.6 is 0 Å². The van der Waals surface area contributed by atoms with Crippen molar-refractivity contribution in [2.75, 3.05) is 0 Å². The Labute approximate surface area is 135 Å². The summed E-state index contributed by atoms with van der Waals surface area (Å²) in [6.07, 6.45) is 0. The van der Waals surface area contributed by atoms with E-state index in [-0.39, 0.29) is 22.6 Å². The second-order valence-electron chi connectivity index (χ2n) is 5.30.